The van der Waals surface area contributed by atoms with E-state index >= 15 is 0 Å². The minimum atomic E-state index is -3.35. The number of likely N-dealkylation sites (N-methyl/N-ethyl adjacent to an activating group) is 1. The highest BCUT2D eigenvalue weighted by Gasteiger charge is 2.34. The van der Waals surface area contributed by atoms with Crippen molar-refractivity contribution in [2.75, 3.05) is 25.9 Å². The van der Waals surface area contributed by atoms with E-state index in [1.165, 1.54) is 8.61 Å². The smallest absolute Gasteiger partial charge is 0.282 e. The molecule has 1 aliphatic rings. The molecule has 2 rings (SSSR count). The molecule has 17 heavy (non-hydrogen) atoms. The van der Waals surface area contributed by atoms with Crippen molar-refractivity contribution in [2.45, 2.75) is 6.54 Å². The van der Waals surface area contributed by atoms with E-state index in [0.29, 0.717) is 29.4 Å². The van der Waals surface area contributed by atoms with Crippen LogP contribution in [0.3, 0.4) is 0 Å². The molecule has 0 atom stereocenters. The molecule has 2 N–H and O–H groups in total. The average Bonchev–Trinajstić information content (AvgIpc) is 2.50. The van der Waals surface area contributed by atoms with E-state index in [1.807, 2.05) is 0 Å². The third-order valence-electron chi connectivity index (χ3n) is 2.87. The number of nitrogens with zero attached hydrogens (tertiary/aromatic N) is 2. The van der Waals surface area contributed by atoms with Gasteiger partial charge in [-0.2, -0.15) is 17.0 Å². The van der Waals surface area contributed by atoms with Crippen LogP contribution in [0, 0.1) is 0 Å². The van der Waals surface area contributed by atoms with Crippen LogP contribution < -0.4 is 5.73 Å². The first-order valence-electron chi connectivity index (χ1n) is 5.17. The summed E-state index contributed by atoms with van der Waals surface area (Å²) in [5.74, 6) is 0. The molecule has 1 fully saturated rings. The maximum atomic E-state index is 11.9. The molecule has 0 saturated carbocycles. The average molecular weight is 276 g/mol. The van der Waals surface area contributed by atoms with Crippen LogP contribution in [-0.4, -0.2) is 37.2 Å². The predicted octanol–water partition coefficient (Wildman–Crippen LogP) is 0.914. The Labute approximate surface area is 106 Å². The molecule has 1 aliphatic heterocycles. The number of hydrogen-bond donors (Lipinski definition) is 1. The first-order chi connectivity index (χ1) is 7.93. The molecular formula is C10H14ClN3O2S. The molecule has 0 aliphatic carbocycles. The van der Waals surface area contributed by atoms with Crippen molar-refractivity contribution in [3.05, 3.63) is 28.8 Å². The minimum Gasteiger partial charge on any atom is -0.398 e. The lowest BCUT2D eigenvalue weighted by molar-refractivity contribution is 0.445. The van der Waals surface area contributed by atoms with Gasteiger partial charge in [0.15, 0.2) is 0 Å². The van der Waals surface area contributed by atoms with Gasteiger partial charge in [-0.15, -0.1) is 0 Å². The van der Waals surface area contributed by atoms with Crippen molar-refractivity contribution >= 4 is 27.5 Å². The molecule has 1 aromatic rings. The molecule has 0 amide bonds. The zero-order valence-electron chi connectivity index (χ0n) is 9.43. The van der Waals surface area contributed by atoms with Gasteiger partial charge in [0, 0.05) is 43.0 Å². The van der Waals surface area contributed by atoms with Gasteiger partial charge in [0.2, 0.25) is 0 Å². The second kappa shape index (κ2) is 4.45. The van der Waals surface area contributed by atoms with Gasteiger partial charge in [0.05, 0.1) is 0 Å². The summed E-state index contributed by atoms with van der Waals surface area (Å²) in [4.78, 5) is 0. The Balaban J connectivity index is 2.29. The second-order valence-corrected chi connectivity index (χ2v) is 6.41. The van der Waals surface area contributed by atoms with Crippen LogP contribution in [0.25, 0.3) is 0 Å². The highest BCUT2D eigenvalue weighted by Crippen LogP contribution is 2.26. The van der Waals surface area contributed by atoms with Crippen molar-refractivity contribution in [1.82, 2.24) is 8.61 Å². The summed E-state index contributed by atoms with van der Waals surface area (Å²) in [6.07, 6.45) is 0. The monoisotopic (exact) mass is 275 g/mol. The van der Waals surface area contributed by atoms with E-state index in [-0.39, 0.29) is 6.54 Å². The van der Waals surface area contributed by atoms with Gasteiger partial charge in [-0.05, 0) is 12.1 Å². The number of halogens is 1. The zero-order valence-corrected chi connectivity index (χ0v) is 11.0. The number of anilines is 1. The lowest BCUT2D eigenvalue weighted by atomic mass is 10.2. The number of hydrogen-bond acceptors (Lipinski definition) is 3. The molecule has 0 radical (unpaired) electrons. The van der Waals surface area contributed by atoms with E-state index in [0.717, 1.165) is 0 Å². The Morgan fingerprint density at radius 3 is 2.65 bits per heavy atom. The number of benzene rings is 1. The molecule has 5 nitrogen and oxygen atoms in total. The normalized spacial score (nSPS) is 20.8. The van der Waals surface area contributed by atoms with Crippen LogP contribution in [-0.2, 0) is 16.8 Å². The maximum Gasteiger partial charge on any atom is 0.282 e. The standard InChI is InChI=1S/C10H14ClN3O2S/c1-13-5-6-14(17(13,15)16)7-8-9(11)3-2-4-10(8)12/h2-4H,5-7,12H2,1H3. The van der Waals surface area contributed by atoms with Gasteiger partial charge in [-0.3, -0.25) is 0 Å². The van der Waals surface area contributed by atoms with Crippen LogP contribution in [0.15, 0.2) is 18.2 Å². The Hall–Kier alpha value is -0.820. The number of nitrogens with two attached hydrogens (primary N) is 1. The summed E-state index contributed by atoms with van der Waals surface area (Å²) >= 11 is 6.02. The van der Waals surface area contributed by atoms with Crippen LogP contribution in [0.1, 0.15) is 5.56 Å². The quantitative estimate of drug-likeness (QED) is 0.816. The van der Waals surface area contributed by atoms with Crippen molar-refractivity contribution in [3.8, 4) is 0 Å². The van der Waals surface area contributed by atoms with E-state index in [1.54, 1.807) is 25.2 Å². The molecule has 0 unspecified atom stereocenters. The van der Waals surface area contributed by atoms with Gasteiger partial charge in [0.1, 0.15) is 0 Å². The first-order valence-corrected chi connectivity index (χ1v) is 6.94. The third-order valence-corrected chi connectivity index (χ3v) is 5.16. The Morgan fingerprint density at radius 2 is 2.12 bits per heavy atom. The first kappa shape index (κ1) is 12.6. The van der Waals surface area contributed by atoms with Gasteiger partial charge < -0.3 is 5.73 Å². The van der Waals surface area contributed by atoms with Gasteiger partial charge in [0.25, 0.3) is 10.2 Å². The molecule has 1 heterocycles. The SMILES string of the molecule is CN1CCN(Cc2c(N)cccc2Cl)S1(=O)=O. The van der Waals surface area contributed by atoms with Gasteiger partial charge >= 0.3 is 0 Å². The molecule has 0 spiro atoms. The second-order valence-electron chi connectivity index (χ2n) is 3.97. The van der Waals surface area contributed by atoms with Crippen molar-refractivity contribution in [3.63, 3.8) is 0 Å². The van der Waals surface area contributed by atoms with Crippen LogP contribution in [0.4, 0.5) is 5.69 Å². The molecule has 0 bridgehead atoms. The van der Waals surface area contributed by atoms with E-state index < -0.39 is 10.2 Å². The van der Waals surface area contributed by atoms with Gasteiger partial charge in [-0.1, -0.05) is 17.7 Å². The fourth-order valence-electron chi connectivity index (χ4n) is 1.76. The van der Waals surface area contributed by atoms with E-state index in [2.05, 4.69) is 0 Å². The summed E-state index contributed by atoms with van der Waals surface area (Å²) in [5.41, 5.74) is 6.98. The molecule has 7 heteroatoms. The van der Waals surface area contributed by atoms with E-state index in [4.69, 9.17) is 17.3 Å². The highest BCUT2D eigenvalue weighted by molar-refractivity contribution is 7.86. The maximum absolute atomic E-state index is 11.9. The minimum absolute atomic E-state index is 0.220. The summed E-state index contributed by atoms with van der Waals surface area (Å²) in [5, 5.41) is 0.495. The Morgan fingerprint density at radius 1 is 1.41 bits per heavy atom. The Kier molecular flexibility index (Phi) is 3.31. The molecule has 1 aromatic carbocycles. The number of rotatable bonds is 2. The zero-order chi connectivity index (χ0) is 12.6. The largest absolute Gasteiger partial charge is 0.398 e. The number of nitrogen functional groups attached to an aromatic ring is 1. The third kappa shape index (κ3) is 2.26. The molecule has 0 aromatic heterocycles. The molecule has 1 saturated heterocycles. The fraction of sp³-hybridized carbons (Fsp3) is 0.400. The van der Waals surface area contributed by atoms with Crippen molar-refractivity contribution in [2.24, 2.45) is 0 Å². The fourth-order valence-corrected chi connectivity index (χ4v) is 3.31. The van der Waals surface area contributed by atoms with Crippen LogP contribution >= 0.6 is 11.6 Å². The topological polar surface area (TPSA) is 66.6 Å². The summed E-state index contributed by atoms with van der Waals surface area (Å²) in [6.45, 7) is 1.17. The summed E-state index contributed by atoms with van der Waals surface area (Å²) < 4.78 is 26.5. The summed E-state index contributed by atoms with van der Waals surface area (Å²) in [7, 11) is -1.78. The van der Waals surface area contributed by atoms with Crippen molar-refractivity contribution in [1.29, 1.82) is 0 Å². The lowest BCUT2D eigenvalue weighted by Crippen LogP contribution is -2.30. The van der Waals surface area contributed by atoms with Crippen LogP contribution in [0.2, 0.25) is 5.02 Å². The molecule has 94 valence electrons. The van der Waals surface area contributed by atoms with Gasteiger partial charge in [-0.25, -0.2) is 0 Å². The van der Waals surface area contributed by atoms with Crippen molar-refractivity contribution < 1.29 is 8.42 Å². The predicted molar refractivity (Wildman–Crippen MR) is 67.8 cm³/mol. The lowest BCUT2D eigenvalue weighted by Gasteiger charge is -2.17. The van der Waals surface area contributed by atoms with Crippen LogP contribution in [0.5, 0.6) is 0 Å². The highest BCUT2D eigenvalue weighted by atomic mass is 35.5. The summed E-state index contributed by atoms with van der Waals surface area (Å²) in [6, 6.07) is 5.17. The molecular weight excluding hydrogens is 262 g/mol. The van der Waals surface area contributed by atoms with E-state index in [9.17, 15) is 8.42 Å². The Bertz CT molecular complexity index is 512.